The van der Waals surface area contributed by atoms with Crippen molar-refractivity contribution in [2.24, 2.45) is 4.99 Å². The van der Waals surface area contributed by atoms with E-state index in [-0.39, 0.29) is 12.5 Å². The molecule has 0 aliphatic heterocycles. The molecular weight excluding hydrogens is 391 g/mol. The summed E-state index contributed by atoms with van der Waals surface area (Å²) < 4.78 is 39.0. The zero-order valence-electron chi connectivity index (χ0n) is 18.0. The largest absolute Gasteiger partial charge is 0.416 e. The molecule has 1 amide bonds. The lowest BCUT2D eigenvalue weighted by Gasteiger charge is -2.23. The highest BCUT2D eigenvalue weighted by molar-refractivity contribution is 5.96. The minimum absolute atomic E-state index is 0.110. The molecule has 0 saturated carbocycles. The molecular formula is C23H28F3N3O. The standard InChI is InChI=1S/C23H28F3N3O/c1-6-28(5)15-27-21-12-16(3)20(11-17(21)4)22(30)29(7-2)14-18-9-8-10-19(13-18)23(24,25)26/h8-13,15H,6-7,14H2,1-5H3. The average Bonchev–Trinajstić information content (AvgIpc) is 2.71. The first kappa shape index (κ1) is 23.4. The molecule has 0 unspecified atom stereocenters. The number of aliphatic imine (C=N–C) groups is 1. The Hall–Kier alpha value is -2.83. The second kappa shape index (κ2) is 9.78. The van der Waals surface area contributed by atoms with E-state index in [2.05, 4.69) is 4.99 Å². The van der Waals surface area contributed by atoms with Gasteiger partial charge in [0.1, 0.15) is 0 Å². The number of hydrogen-bond acceptors (Lipinski definition) is 2. The highest BCUT2D eigenvalue weighted by atomic mass is 19.4. The summed E-state index contributed by atoms with van der Waals surface area (Å²) in [5, 5.41) is 0. The minimum atomic E-state index is -4.41. The van der Waals surface area contributed by atoms with Crippen LogP contribution in [0.2, 0.25) is 0 Å². The lowest BCUT2D eigenvalue weighted by molar-refractivity contribution is -0.137. The summed E-state index contributed by atoms with van der Waals surface area (Å²) in [5.41, 5.74) is 2.68. The van der Waals surface area contributed by atoms with Crippen LogP contribution < -0.4 is 0 Å². The molecule has 7 heteroatoms. The van der Waals surface area contributed by atoms with E-state index in [4.69, 9.17) is 0 Å². The smallest absolute Gasteiger partial charge is 0.366 e. The van der Waals surface area contributed by atoms with Crippen LogP contribution in [0.25, 0.3) is 0 Å². The molecule has 0 aliphatic rings. The van der Waals surface area contributed by atoms with Crippen LogP contribution in [0, 0.1) is 13.8 Å². The first-order chi connectivity index (χ1) is 14.1. The van der Waals surface area contributed by atoms with Gasteiger partial charge >= 0.3 is 6.18 Å². The number of alkyl halides is 3. The number of halogens is 3. The van der Waals surface area contributed by atoms with Gasteiger partial charge in [0.15, 0.2) is 0 Å². The molecule has 0 spiro atoms. The lowest BCUT2D eigenvalue weighted by Crippen LogP contribution is -2.31. The molecule has 0 heterocycles. The van der Waals surface area contributed by atoms with E-state index in [0.29, 0.717) is 17.7 Å². The number of hydrogen-bond donors (Lipinski definition) is 0. The van der Waals surface area contributed by atoms with Crippen LogP contribution in [0.1, 0.15) is 46.5 Å². The molecule has 2 aromatic rings. The van der Waals surface area contributed by atoms with Gasteiger partial charge < -0.3 is 9.80 Å². The monoisotopic (exact) mass is 419 g/mol. The molecule has 2 aromatic carbocycles. The molecule has 0 fully saturated rings. The van der Waals surface area contributed by atoms with Gasteiger partial charge in [-0.3, -0.25) is 4.79 Å². The van der Waals surface area contributed by atoms with Crippen molar-refractivity contribution in [1.29, 1.82) is 0 Å². The number of rotatable bonds is 7. The van der Waals surface area contributed by atoms with E-state index >= 15 is 0 Å². The fourth-order valence-electron chi connectivity index (χ4n) is 2.98. The van der Waals surface area contributed by atoms with Crippen molar-refractivity contribution >= 4 is 17.9 Å². The molecule has 4 nitrogen and oxygen atoms in total. The number of carbonyl (C=O) groups is 1. The summed E-state index contributed by atoms with van der Waals surface area (Å²) >= 11 is 0. The van der Waals surface area contributed by atoms with E-state index in [1.807, 2.05) is 45.7 Å². The van der Waals surface area contributed by atoms with Crippen molar-refractivity contribution in [2.75, 3.05) is 20.1 Å². The topological polar surface area (TPSA) is 35.9 Å². The summed E-state index contributed by atoms with van der Waals surface area (Å²) in [4.78, 5) is 21.1. The SMILES string of the molecule is CCN(C)C=Nc1cc(C)c(C(=O)N(CC)Cc2cccc(C(F)(F)F)c2)cc1C. The third-order valence-corrected chi connectivity index (χ3v) is 4.96. The van der Waals surface area contributed by atoms with Crippen LogP contribution in [0.15, 0.2) is 41.4 Å². The van der Waals surface area contributed by atoms with Crippen molar-refractivity contribution in [2.45, 2.75) is 40.4 Å². The molecule has 0 bridgehead atoms. The van der Waals surface area contributed by atoms with E-state index in [1.54, 1.807) is 23.4 Å². The van der Waals surface area contributed by atoms with Gasteiger partial charge in [-0.25, -0.2) is 4.99 Å². The summed E-state index contributed by atoms with van der Waals surface area (Å²) in [6.07, 6.45) is -2.66. The van der Waals surface area contributed by atoms with Crippen molar-refractivity contribution in [3.05, 3.63) is 64.2 Å². The van der Waals surface area contributed by atoms with Crippen LogP contribution >= 0.6 is 0 Å². The second-order valence-corrected chi connectivity index (χ2v) is 7.29. The quantitative estimate of drug-likeness (QED) is 0.433. The fourth-order valence-corrected chi connectivity index (χ4v) is 2.98. The zero-order valence-corrected chi connectivity index (χ0v) is 18.0. The molecule has 0 N–H and O–H groups in total. The van der Waals surface area contributed by atoms with Crippen LogP contribution in [-0.4, -0.2) is 42.2 Å². The maximum atomic E-state index is 13.1. The summed E-state index contributed by atoms with van der Waals surface area (Å²) in [6, 6.07) is 8.75. The number of benzene rings is 2. The number of carbonyl (C=O) groups excluding carboxylic acids is 1. The molecule has 0 saturated heterocycles. The highest BCUT2D eigenvalue weighted by Crippen LogP contribution is 2.30. The van der Waals surface area contributed by atoms with Gasteiger partial charge in [-0.15, -0.1) is 0 Å². The van der Waals surface area contributed by atoms with Gasteiger partial charge in [0, 0.05) is 32.2 Å². The van der Waals surface area contributed by atoms with Crippen molar-refractivity contribution in [3.63, 3.8) is 0 Å². The molecule has 30 heavy (non-hydrogen) atoms. The van der Waals surface area contributed by atoms with Crippen LogP contribution in [0.3, 0.4) is 0 Å². The van der Waals surface area contributed by atoms with Gasteiger partial charge in [-0.05, 0) is 68.7 Å². The average molecular weight is 419 g/mol. The highest BCUT2D eigenvalue weighted by Gasteiger charge is 2.30. The zero-order chi connectivity index (χ0) is 22.5. The normalized spacial score (nSPS) is 11.7. The van der Waals surface area contributed by atoms with Crippen molar-refractivity contribution < 1.29 is 18.0 Å². The first-order valence-corrected chi connectivity index (χ1v) is 9.87. The molecule has 0 radical (unpaired) electrons. The fraction of sp³-hybridized carbons (Fsp3) is 0.391. The third-order valence-electron chi connectivity index (χ3n) is 4.96. The van der Waals surface area contributed by atoms with Gasteiger partial charge in [-0.1, -0.05) is 12.1 Å². The molecule has 162 valence electrons. The number of amides is 1. The van der Waals surface area contributed by atoms with Crippen molar-refractivity contribution in [1.82, 2.24) is 9.80 Å². The Labute approximate surface area is 176 Å². The van der Waals surface area contributed by atoms with E-state index in [0.717, 1.165) is 35.5 Å². The predicted octanol–water partition coefficient (Wildman–Crippen LogP) is 5.60. The number of nitrogens with zero attached hydrogens (tertiary/aromatic N) is 3. The Morgan fingerprint density at radius 2 is 1.77 bits per heavy atom. The predicted molar refractivity (Wildman–Crippen MR) is 114 cm³/mol. The molecule has 2 rings (SSSR count). The Morgan fingerprint density at radius 1 is 1.07 bits per heavy atom. The maximum absolute atomic E-state index is 13.1. The van der Waals surface area contributed by atoms with Crippen molar-refractivity contribution in [3.8, 4) is 0 Å². The van der Waals surface area contributed by atoms with Crippen LogP contribution in [-0.2, 0) is 12.7 Å². The molecule has 0 aliphatic carbocycles. The minimum Gasteiger partial charge on any atom is -0.366 e. The van der Waals surface area contributed by atoms with Gasteiger partial charge in [0.2, 0.25) is 0 Å². The Bertz CT molecular complexity index is 922. The van der Waals surface area contributed by atoms with E-state index in [9.17, 15) is 18.0 Å². The van der Waals surface area contributed by atoms with E-state index in [1.165, 1.54) is 6.07 Å². The number of aryl methyl sites for hydroxylation is 2. The van der Waals surface area contributed by atoms with Gasteiger partial charge in [-0.2, -0.15) is 13.2 Å². The Balaban J connectivity index is 2.27. The summed E-state index contributed by atoms with van der Waals surface area (Å²) in [5.74, 6) is -0.211. The summed E-state index contributed by atoms with van der Waals surface area (Å²) in [7, 11) is 1.93. The van der Waals surface area contributed by atoms with Crippen LogP contribution in [0.4, 0.5) is 18.9 Å². The lowest BCUT2D eigenvalue weighted by atomic mass is 10.0. The van der Waals surface area contributed by atoms with Gasteiger partial charge in [0.05, 0.1) is 17.6 Å². The Morgan fingerprint density at radius 3 is 2.37 bits per heavy atom. The maximum Gasteiger partial charge on any atom is 0.416 e. The van der Waals surface area contributed by atoms with Crippen LogP contribution in [0.5, 0.6) is 0 Å². The third kappa shape index (κ3) is 5.84. The second-order valence-electron chi connectivity index (χ2n) is 7.29. The summed E-state index contributed by atoms with van der Waals surface area (Å²) in [6.45, 7) is 8.89. The van der Waals surface area contributed by atoms with E-state index < -0.39 is 11.7 Å². The van der Waals surface area contributed by atoms with Gasteiger partial charge in [0.25, 0.3) is 5.91 Å². The first-order valence-electron chi connectivity index (χ1n) is 9.87. The molecule has 0 atom stereocenters. The Kier molecular flexibility index (Phi) is 7.65. The molecule has 0 aromatic heterocycles.